The molecule has 1 aliphatic rings. The SMILES string of the molecule is CS(=O)(=O)c1cccnc1C1CCN(C(=O)c2ccccn2)CC1. The molecule has 0 spiro atoms. The van der Waals surface area contributed by atoms with E-state index in [9.17, 15) is 13.2 Å². The van der Waals surface area contributed by atoms with Crippen LogP contribution < -0.4 is 0 Å². The van der Waals surface area contributed by atoms with E-state index in [1.54, 1.807) is 47.6 Å². The van der Waals surface area contributed by atoms with E-state index < -0.39 is 9.84 Å². The highest BCUT2D eigenvalue weighted by Gasteiger charge is 2.28. The quantitative estimate of drug-likeness (QED) is 0.849. The van der Waals surface area contributed by atoms with Gasteiger partial charge in [0.05, 0.1) is 10.6 Å². The van der Waals surface area contributed by atoms with E-state index in [4.69, 9.17) is 0 Å². The first kappa shape index (κ1) is 16.6. The topological polar surface area (TPSA) is 80.2 Å². The number of carbonyl (C=O) groups is 1. The zero-order valence-corrected chi connectivity index (χ0v) is 14.2. The van der Waals surface area contributed by atoms with Gasteiger partial charge in [-0.1, -0.05) is 6.07 Å². The molecule has 0 bridgehead atoms. The normalized spacial score (nSPS) is 16.1. The summed E-state index contributed by atoms with van der Waals surface area (Å²) >= 11 is 0. The van der Waals surface area contributed by atoms with Crippen LogP contribution in [0, 0.1) is 0 Å². The van der Waals surface area contributed by atoms with Gasteiger partial charge in [0.2, 0.25) is 0 Å². The van der Waals surface area contributed by atoms with Gasteiger partial charge < -0.3 is 4.90 Å². The second-order valence-corrected chi connectivity index (χ2v) is 7.92. The molecule has 0 saturated carbocycles. The van der Waals surface area contributed by atoms with Crippen molar-refractivity contribution in [2.75, 3.05) is 19.3 Å². The van der Waals surface area contributed by atoms with Gasteiger partial charge in [-0.05, 0) is 37.1 Å². The molecule has 126 valence electrons. The highest BCUT2D eigenvalue weighted by Crippen LogP contribution is 2.31. The molecular weight excluding hydrogens is 326 g/mol. The summed E-state index contributed by atoms with van der Waals surface area (Å²) in [5, 5.41) is 0. The second kappa shape index (κ2) is 6.68. The minimum absolute atomic E-state index is 0.0451. The van der Waals surface area contributed by atoms with E-state index in [2.05, 4.69) is 9.97 Å². The molecule has 0 unspecified atom stereocenters. The number of carbonyl (C=O) groups excluding carboxylic acids is 1. The average Bonchev–Trinajstić information content (AvgIpc) is 2.61. The van der Waals surface area contributed by atoms with Gasteiger partial charge in [-0.3, -0.25) is 14.8 Å². The summed E-state index contributed by atoms with van der Waals surface area (Å²) in [7, 11) is -3.31. The lowest BCUT2D eigenvalue weighted by molar-refractivity contribution is 0.0705. The summed E-state index contributed by atoms with van der Waals surface area (Å²) in [6.45, 7) is 1.14. The molecule has 6 nitrogen and oxygen atoms in total. The largest absolute Gasteiger partial charge is 0.337 e. The van der Waals surface area contributed by atoms with Crippen molar-refractivity contribution >= 4 is 15.7 Å². The Bertz CT molecular complexity index is 829. The van der Waals surface area contributed by atoms with Gasteiger partial charge in [0.15, 0.2) is 9.84 Å². The van der Waals surface area contributed by atoms with Gasteiger partial charge in [0.25, 0.3) is 5.91 Å². The zero-order valence-electron chi connectivity index (χ0n) is 13.4. The number of likely N-dealkylation sites (tertiary alicyclic amines) is 1. The molecule has 2 aromatic rings. The van der Waals surface area contributed by atoms with Crippen LogP contribution in [0.25, 0.3) is 0 Å². The number of sulfone groups is 1. The summed E-state index contributed by atoms with van der Waals surface area (Å²) < 4.78 is 23.9. The maximum absolute atomic E-state index is 12.4. The van der Waals surface area contributed by atoms with Gasteiger partial charge in [-0.25, -0.2) is 8.42 Å². The molecule has 0 aliphatic carbocycles. The number of nitrogens with zero attached hydrogens (tertiary/aromatic N) is 3. The Hall–Kier alpha value is -2.28. The molecule has 0 atom stereocenters. The predicted molar refractivity (Wildman–Crippen MR) is 89.5 cm³/mol. The van der Waals surface area contributed by atoms with E-state index in [1.807, 2.05) is 0 Å². The summed E-state index contributed by atoms with van der Waals surface area (Å²) in [5.74, 6) is -0.0397. The minimum atomic E-state index is -3.31. The Morgan fingerprint density at radius 3 is 2.42 bits per heavy atom. The molecule has 1 saturated heterocycles. The fourth-order valence-electron chi connectivity index (χ4n) is 3.03. The number of hydrogen-bond donors (Lipinski definition) is 0. The zero-order chi connectivity index (χ0) is 17.2. The van der Waals surface area contributed by atoms with Gasteiger partial charge >= 0.3 is 0 Å². The number of amides is 1. The third-order valence-corrected chi connectivity index (χ3v) is 5.40. The molecule has 0 N–H and O–H groups in total. The molecular formula is C17H19N3O3S. The van der Waals surface area contributed by atoms with Gasteiger partial charge in [0.1, 0.15) is 5.69 Å². The van der Waals surface area contributed by atoms with Crippen molar-refractivity contribution in [3.8, 4) is 0 Å². The molecule has 24 heavy (non-hydrogen) atoms. The lowest BCUT2D eigenvalue weighted by Crippen LogP contribution is -2.38. The molecule has 0 aromatic carbocycles. The number of aromatic nitrogens is 2. The minimum Gasteiger partial charge on any atom is -0.337 e. The first-order valence-corrected chi connectivity index (χ1v) is 9.71. The number of rotatable bonds is 3. The first-order valence-electron chi connectivity index (χ1n) is 7.82. The Morgan fingerprint density at radius 1 is 1.08 bits per heavy atom. The standard InChI is InChI=1S/C17H19N3O3S/c1-24(22,23)15-6-4-10-19-16(15)13-7-11-20(12-8-13)17(21)14-5-2-3-9-18-14/h2-6,9-10,13H,7-8,11-12H2,1H3. The van der Waals surface area contributed by atoms with E-state index >= 15 is 0 Å². The third-order valence-electron chi connectivity index (χ3n) is 4.25. The molecule has 3 rings (SSSR count). The van der Waals surface area contributed by atoms with Crippen LogP contribution in [0.4, 0.5) is 0 Å². The Balaban J connectivity index is 1.74. The van der Waals surface area contributed by atoms with Crippen molar-refractivity contribution < 1.29 is 13.2 Å². The average molecular weight is 345 g/mol. The van der Waals surface area contributed by atoms with Gasteiger partial charge in [-0.2, -0.15) is 0 Å². The Labute approximate surface area is 141 Å². The van der Waals surface area contributed by atoms with Crippen molar-refractivity contribution in [3.63, 3.8) is 0 Å². The molecule has 3 heterocycles. The molecule has 0 radical (unpaired) electrons. The van der Waals surface area contributed by atoms with Crippen LogP contribution in [-0.4, -0.2) is 48.5 Å². The maximum atomic E-state index is 12.4. The van der Waals surface area contributed by atoms with Crippen molar-refractivity contribution in [2.45, 2.75) is 23.7 Å². The lowest BCUT2D eigenvalue weighted by atomic mass is 9.93. The fourth-order valence-corrected chi connectivity index (χ4v) is 3.96. The van der Waals surface area contributed by atoms with Crippen molar-refractivity contribution in [2.24, 2.45) is 0 Å². The van der Waals surface area contributed by atoms with E-state index in [1.165, 1.54) is 6.26 Å². The summed E-state index contributed by atoms with van der Waals surface area (Å²) in [6.07, 6.45) is 5.81. The fraction of sp³-hybridized carbons (Fsp3) is 0.353. The van der Waals surface area contributed by atoms with E-state index in [-0.39, 0.29) is 11.8 Å². The van der Waals surface area contributed by atoms with Crippen molar-refractivity contribution in [1.29, 1.82) is 0 Å². The molecule has 1 fully saturated rings. The highest BCUT2D eigenvalue weighted by atomic mass is 32.2. The van der Waals surface area contributed by atoms with Crippen LogP contribution >= 0.6 is 0 Å². The van der Waals surface area contributed by atoms with Crippen LogP contribution in [0.5, 0.6) is 0 Å². The van der Waals surface area contributed by atoms with Crippen molar-refractivity contribution in [1.82, 2.24) is 14.9 Å². The molecule has 1 amide bonds. The molecule has 2 aromatic heterocycles. The second-order valence-electron chi connectivity index (χ2n) is 5.94. The molecule has 7 heteroatoms. The Kier molecular flexibility index (Phi) is 4.62. The maximum Gasteiger partial charge on any atom is 0.272 e. The smallest absolute Gasteiger partial charge is 0.272 e. The number of pyridine rings is 2. The third kappa shape index (κ3) is 3.46. The van der Waals surface area contributed by atoms with Crippen LogP contribution in [0.2, 0.25) is 0 Å². The summed E-state index contributed by atoms with van der Waals surface area (Å²) in [4.78, 5) is 22.9. The highest BCUT2D eigenvalue weighted by molar-refractivity contribution is 7.90. The number of piperidine rings is 1. The van der Waals surface area contributed by atoms with Gasteiger partial charge in [-0.15, -0.1) is 0 Å². The Morgan fingerprint density at radius 2 is 1.79 bits per heavy atom. The van der Waals surface area contributed by atoms with Crippen LogP contribution in [0.15, 0.2) is 47.6 Å². The lowest BCUT2D eigenvalue weighted by Gasteiger charge is -2.32. The van der Waals surface area contributed by atoms with Gasteiger partial charge in [0, 0.05) is 37.7 Å². The van der Waals surface area contributed by atoms with Crippen LogP contribution in [0.3, 0.4) is 0 Å². The first-order chi connectivity index (χ1) is 11.5. The molecule has 1 aliphatic heterocycles. The predicted octanol–water partition coefficient (Wildman–Crippen LogP) is 1.90. The summed E-state index contributed by atoms with van der Waals surface area (Å²) in [6, 6.07) is 8.51. The summed E-state index contributed by atoms with van der Waals surface area (Å²) in [5.41, 5.74) is 1.05. The van der Waals surface area contributed by atoms with E-state index in [0.29, 0.717) is 42.2 Å². The number of hydrogen-bond acceptors (Lipinski definition) is 5. The van der Waals surface area contributed by atoms with Crippen LogP contribution in [0.1, 0.15) is 34.9 Å². The van der Waals surface area contributed by atoms with Crippen LogP contribution in [-0.2, 0) is 9.84 Å². The van der Waals surface area contributed by atoms with Crippen molar-refractivity contribution in [3.05, 3.63) is 54.1 Å². The van der Waals surface area contributed by atoms with E-state index in [0.717, 1.165) is 0 Å². The monoisotopic (exact) mass is 345 g/mol.